The standard InChI is InChI=1S/C19H22F2N2O2/c1-4-25-16-8-5-14(6-9-16)12-23(3)13(2)19(24)22-18-10-7-15(20)11-17(18)21/h5-11,13H,4,12H2,1-3H3,(H,22,24)/p+1/t13-/m1/s1. The first-order valence-electron chi connectivity index (χ1n) is 8.20. The van der Waals surface area contributed by atoms with Crippen LogP contribution in [0.15, 0.2) is 42.5 Å². The Kier molecular flexibility index (Phi) is 6.47. The summed E-state index contributed by atoms with van der Waals surface area (Å²) in [5.74, 6) is -0.984. The van der Waals surface area contributed by atoms with Crippen LogP contribution < -0.4 is 15.0 Å². The second-order valence-electron chi connectivity index (χ2n) is 5.94. The molecular weight excluding hydrogens is 326 g/mol. The molecule has 0 aromatic heterocycles. The van der Waals surface area contributed by atoms with Crippen LogP contribution in [0.1, 0.15) is 19.4 Å². The van der Waals surface area contributed by atoms with Gasteiger partial charge in [-0.1, -0.05) is 0 Å². The molecule has 6 heteroatoms. The lowest BCUT2D eigenvalue weighted by atomic mass is 10.1. The van der Waals surface area contributed by atoms with Crippen molar-refractivity contribution in [3.63, 3.8) is 0 Å². The Bertz CT molecular complexity index is 720. The van der Waals surface area contributed by atoms with Crippen LogP contribution in [0.3, 0.4) is 0 Å². The second-order valence-corrected chi connectivity index (χ2v) is 5.94. The van der Waals surface area contributed by atoms with E-state index in [-0.39, 0.29) is 11.6 Å². The molecule has 0 aliphatic heterocycles. The van der Waals surface area contributed by atoms with E-state index >= 15 is 0 Å². The minimum Gasteiger partial charge on any atom is -0.494 e. The van der Waals surface area contributed by atoms with Crippen molar-refractivity contribution in [2.24, 2.45) is 0 Å². The quantitative estimate of drug-likeness (QED) is 0.806. The maximum atomic E-state index is 13.6. The molecule has 134 valence electrons. The van der Waals surface area contributed by atoms with Crippen LogP contribution in [0, 0.1) is 11.6 Å². The Hall–Kier alpha value is -2.47. The summed E-state index contributed by atoms with van der Waals surface area (Å²) in [6.07, 6.45) is 0. The fourth-order valence-electron chi connectivity index (χ4n) is 2.40. The number of benzene rings is 2. The van der Waals surface area contributed by atoms with Crippen molar-refractivity contribution < 1.29 is 23.2 Å². The molecule has 2 aromatic rings. The molecule has 0 spiro atoms. The minimum absolute atomic E-state index is 0.0212. The molecule has 4 nitrogen and oxygen atoms in total. The number of rotatable bonds is 7. The summed E-state index contributed by atoms with van der Waals surface area (Å²) in [5, 5.41) is 2.51. The van der Waals surface area contributed by atoms with Gasteiger partial charge in [0.2, 0.25) is 0 Å². The number of quaternary nitrogens is 1. The van der Waals surface area contributed by atoms with Crippen LogP contribution in [-0.4, -0.2) is 25.6 Å². The Morgan fingerprint density at radius 3 is 2.48 bits per heavy atom. The highest BCUT2D eigenvalue weighted by Gasteiger charge is 2.23. The Morgan fingerprint density at radius 1 is 1.20 bits per heavy atom. The van der Waals surface area contributed by atoms with Crippen LogP contribution in [0.25, 0.3) is 0 Å². The van der Waals surface area contributed by atoms with Gasteiger partial charge in [-0.05, 0) is 50.2 Å². The molecule has 0 radical (unpaired) electrons. The number of likely N-dealkylation sites (N-methyl/N-ethyl adjacent to an activating group) is 1. The van der Waals surface area contributed by atoms with Crippen molar-refractivity contribution >= 4 is 11.6 Å². The number of carbonyl (C=O) groups excluding carboxylic acids is 1. The highest BCUT2D eigenvalue weighted by Crippen LogP contribution is 2.15. The molecule has 2 aromatic carbocycles. The summed E-state index contributed by atoms with van der Waals surface area (Å²) < 4.78 is 32.0. The van der Waals surface area contributed by atoms with E-state index in [1.165, 1.54) is 6.07 Å². The number of halogens is 2. The smallest absolute Gasteiger partial charge is 0.282 e. The highest BCUT2D eigenvalue weighted by atomic mass is 19.1. The first-order chi connectivity index (χ1) is 11.9. The highest BCUT2D eigenvalue weighted by molar-refractivity contribution is 5.93. The molecule has 1 amide bonds. The summed E-state index contributed by atoms with van der Waals surface area (Å²) in [6.45, 7) is 4.94. The van der Waals surface area contributed by atoms with E-state index in [4.69, 9.17) is 4.74 Å². The van der Waals surface area contributed by atoms with Gasteiger partial charge in [0.1, 0.15) is 23.9 Å². The molecular formula is C19H23F2N2O2+. The van der Waals surface area contributed by atoms with Crippen molar-refractivity contribution in [2.45, 2.75) is 26.4 Å². The van der Waals surface area contributed by atoms with Gasteiger partial charge >= 0.3 is 0 Å². The number of nitrogens with one attached hydrogen (secondary N) is 2. The molecule has 0 saturated heterocycles. The fraction of sp³-hybridized carbons (Fsp3) is 0.316. The molecule has 25 heavy (non-hydrogen) atoms. The van der Waals surface area contributed by atoms with Gasteiger partial charge in [0.15, 0.2) is 6.04 Å². The average Bonchev–Trinajstić information content (AvgIpc) is 2.58. The maximum Gasteiger partial charge on any atom is 0.282 e. The van der Waals surface area contributed by atoms with Crippen LogP contribution >= 0.6 is 0 Å². The summed E-state index contributed by atoms with van der Waals surface area (Å²) in [4.78, 5) is 13.3. The SMILES string of the molecule is CCOc1ccc(C[NH+](C)[C@H](C)C(=O)Nc2ccc(F)cc2F)cc1. The number of hydrogen-bond acceptors (Lipinski definition) is 2. The number of amides is 1. The predicted octanol–water partition coefficient (Wildman–Crippen LogP) is 2.41. The molecule has 0 fully saturated rings. The van der Waals surface area contributed by atoms with Crippen LogP contribution in [-0.2, 0) is 11.3 Å². The number of anilines is 1. The van der Waals surface area contributed by atoms with E-state index in [0.29, 0.717) is 13.2 Å². The topological polar surface area (TPSA) is 42.8 Å². The van der Waals surface area contributed by atoms with E-state index < -0.39 is 17.7 Å². The molecule has 1 unspecified atom stereocenters. The van der Waals surface area contributed by atoms with E-state index in [2.05, 4.69) is 5.32 Å². The summed E-state index contributed by atoms with van der Waals surface area (Å²) in [5.41, 5.74) is 1.04. The Morgan fingerprint density at radius 2 is 1.88 bits per heavy atom. The molecule has 0 aliphatic carbocycles. The summed E-state index contributed by atoms with van der Waals surface area (Å²) >= 11 is 0. The van der Waals surface area contributed by atoms with E-state index in [9.17, 15) is 13.6 Å². The largest absolute Gasteiger partial charge is 0.494 e. The molecule has 2 rings (SSSR count). The zero-order valence-electron chi connectivity index (χ0n) is 14.6. The second kappa shape index (κ2) is 8.58. The van der Waals surface area contributed by atoms with Crippen molar-refractivity contribution in [3.8, 4) is 5.75 Å². The monoisotopic (exact) mass is 349 g/mol. The predicted molar refractivity (Wildman–Crippen MR) is 92.7 cm³/mol. The van der Waals surface area contributed by atoms with Gasteiger partial charge in [-0.15, -0.1) is 0 Å². The average molecular weight is 349 g/mol. The lowest BCUT2D eigenvalue weighted by molar-refractivity contribution is -0.907. The van der Waals surface area contributed by atoms with Gasteiger partial charge in [-0.2, -0.15) is 0 Å². The first-order valence-corrected chi connectivity index (χ1v) is 8.20. The van der Waals surface area contributed by atoms with E-state index in [1.54, 1.807) is 6.92 Å². The maximum absolute atomic E-state index is 13.6. The zero-order valence-corrected chi connectivity index (χ0v) is 14.6. The van der Waals surface area contributed by atoms with E-state index in [0.717, 1.165) is 28.3 Å². The van der Waals surface area contributed by atoms with Crippen molar-refractivity contribution in [1.29, 1.82) is 0 Å². The fourth-order valence-corrected chi connectivity index (χ4v) is 2.40. The van der Waals surface area contributed by atoms with Gasteiger partial charge in [-0.25, -0.2) is 8.78 Å². The van der Waals surface area contributed by atoms with Crippen molar-refractivity contribution in [3.05, 3.63) is 59.7 Å². The van der Waals surface area contributed by atoms with Crippen molar-refractivity contribution in [2.75, 3.05) is 19.0 Å². The lowest BCUT2D eigenvalue weighted by Crippen LogP contribution is -3.12. The van der Waals surface area contributed by atoms with Gasteiger partial charge in [0, 0.05) is 11.6 Å². The third-order valence-corrected chi connectivity index (χ3v) is 4.04. The van der Waals surface area contributed by atoms with Crippen LogP contribution in [0.5, 0.6) is 5.75 Å². The van der Waals surface area contributed by atoms with Crippen molar-refractivity contribution in [1.82, 2.24) is 0 Å². The number of ether oxygens (including phenoxy) is 1. The minimum atomic E-state index is -0.787. The zero-order chi connectivity index (χ0) is 18.4. The van der Waals surface area contributed by atoms with E-state index in [1.807, 2.05) is 38.2 Å². The van der Waals surface area contributed by atoms with Gasteiger partial charge in [0.25, 0.3) is 5.91 Å². The number of carbonyl (C=O) groups is 1. The molecule has 0 heterocycles. The van der Waals surface area contributed by atoms with Crippen LogP contribution in [0.2, 0.25) is 0 Å². The molecule has 2 atom stereocenters. The third kappa shape index (κ3) is 5.26. The third-order valence-electron chi connectivity index (χ3n) is 4.04. The first kappa shape index (κ1) is 18.9. The summed E-state index contributed by atoms with van der Waals surface area (Å²) in [6, 6.07) is 10.4. The van der Waals surface area contributed by atoms with Gasteiger partial charge in [-0.3, -0.25) is 4.79 Å². The molecule has 2 N–H and O–H groups in total. The molecule has 0 bridgehead atoms. The molecule has 0 aliphatic rings. The lowest BCUT2D eigenvalue weighted by Gasteiger charge is -2.21. The number of hydrogen-bond donors (Lipinski definition) is 2. The Balaban J connectivity index is 1.96. The van der Waals surface area contributed by atoms with Gasteiger partial charge < -0.3 is 15.0 Å². The van der Waals surface area contributed by atoms with Crippen LogP contribution in [0.4, 0.5) is 14.5 Å². The normalized spacial score (nSPS) is 13.2. The Labute approximate surface area is 146 Å². The summed E-state index contributed by atoms with van der Waals surface area (Å²) in [7, 11) is 1.89. The van der Waals surface area contributed by atoms with Gasteiger partial charge in [0.05, 0.1) is 19.3 Å². The molecule has 0 saturated carbocycles.